The molecule has 20 heteroatoms. The van der Waals surface area contributed by atoms with Crippen molar-refractivity contribution in [1.82, 2.24) is 19.5 Å². The number of nitrogens with zero attached hydrogens (tertiary/aromatic N) is 4. The number of hydrogen-bond acceptors (Lipinski definition) is 14. The summed E-state index contributed by atoms with van der Waals surface area (Å²) >= 11 is 0.886. The highest BCUT2D eigenvalue weighted by atomic mass is 32.2. The van der Waals surface area contributed by atoms with Crippen LogP contribution in [-0.2, 0) is 43.7 Å². The lowest BCUT2D eigenvalue weighted by Crippen LogP contribution is -2.74. The topological polar surface area (TPSA) is 232 Å². The summed E-state index contributed by atoms with van der Waals surface area (Å²) in [6.45, 7) is 13.8. The van der Waals surface area contributed by atoms with Crippen molar-refractivity contribution in [2.75, 3.05) is 18.4 Å². The van der Waals surface area contributed by atoms with E-state index in [0.29, 0.717) is 0 Å². The molecule has 18 nitrogen and oxygen atoms in total. The summed E-state index contributed by atoms with van der Waals surface area (Å²) < 4.78 is 49.3. The van der Waals surface area contributed by atoms with Gasteiger partial charge in [-0.1, -0.05) is 5.16 Å². The Morgan fingerprint density at radius 3 is 2.24 bits per heavy atom. The van der Waals surface area contributed by atoms with Gasteiger partial charge in [0.1, 0.15) is 29.0 Å². The van der Waals surface area contributed by atoms with Crippen LogP contribution in [0.25, 0.3) is 0 Å². The van der Waals surface area contributed by atoms with Crippen molar-refractivity contribution in [2.24, 2.45) is 5.16 Å². The number of nitrogens with one attached hydrogen (secondary N) is 2. The fourth-order valence-corrected chi connectivity index (χ4v) is 5.58. The largest absolute Gasteiger partial charge is 0.457 e. The third-order valence-electron chi connectivity index (χ3n) is 5.97. The number of ether oxygens (including phenoxy) is 3. The summed E-state index contributed by atoms with van der Waals surface area (Å²) in [7, 11) is -5.07. The van der Waals surface area contributed by atoms with Gasteiger partial charge < -0.3 is 29.3 Å². The number of thiazole rings is 1. The molecule has 2 aliphatic heterocycles. The molecule has 0 saturated carbocycles. The highest BCUT2D eigenvalue weighted by Gasteiger charge is 2.55. The van der Waals surface area contributed by atoms with Gasteiger partial charge in [0.15, 0.2) is 10.8 Å². The van der Waals surface area contributed by atoms with Crippen molar-refractivity contribution >= 4 is 62.5 Å². The van der Waals surface area contributed by atoms with E-state index in [4.69, 9.17) is 19.0 Å². The predicted molar refractivity (Wildman–Crippen MR) is 161 cm³/mol. The molecule has 0 aromatic carbocycles. The van der Waals surface area contributed by atoms with Crippen LogP contribution in [0.4, 0.5) is 14.7 Å². The van der Waals surface area contributed by atoms with Crippen LogP contribution in [0.1, 0.15) is 68.0 Å². The molecule has 3 N–H and O–H groups in total. The number of hydrogen-bond donors (Lipinski definition) is 3. The number of cyclic esters (lactones) is 1. The Hall–Kier alpha value is -4.04. The molecule has 3 heterocycles. The summed E-state index contributed by atoms with van der Waals surface area (Å²) in [6.07, 6.45) is -2.13. The van der Waals surface area contributed by atoms with Gasteiger partial charge in [-0.3, -0.25) is 19.5 Å². The van der Waals surface area contributed by atoms with Crippen molar-refractivity contribution in [2.45, 2.75) is 97.3 Å². The maximum Gasteiger partial charge on any atom is 0.413 e. The van der Waals surface area contributed by atoms with Gasteiger partial charge in [0.25, 0.3) is 11.8 Å². The first-order valence-corrected chi connectivity index (χ1v) is 16.2. The van der Waals surface area contributed by atoms with E-state index in [1.54, 1.807) is 48.5 Å². The van der Waals surface area contributed by atoms with Gasteiger partial charge in [0.05, 0.1) is 12.6 Å². The molecule has 3 rings (SSSR count). The molecule has 3 atom stereocenters. The lowest BCUT2D eigenvalue weighted by atomic mass is 9.97. The molecule has 1 aromatic heterocycles. The maximum absolute atomic E-state index is 13.6. The summed E-state index contributed by atoms with van der Waals surface area (Å²) in [5.74, 6) is -3.12. The standard InChI is InChI=1S/C26H38N6O12S2/c1-13-10-31(23(37)41-13)11-15-17(19(34)32(15)46(38,39)40)28-18(33)16(30-44-26(8,9)20(35)42-24(2,3)4)14-12-45-21(27-14)29-22(36)43-25(5,6)7/h12-13,15,17H,10-11H2,1-9H3,(H,28,33)(H,27,29,36)(H,38,39,40)/b30-16-/t13?,15-,17+/m1/s1. The number of oxime groups is 1. The van der Waals surface area contributed by atoms with E-state index < -0.39 is 87.5 Å². The lowest BCUT2D eigenvalue weighted by Gasteiger charge is -2.45. The summed E-state index contributed by atoms with van der Waals surface area (Å²) in [5, 5.41) is 9.92. The molecule has 1 unspecified atom stereocenters. The van der Waals surface area contributed by atoms with E-state index >= 15 is 0 Å². The van der Waals surface area contributed by atoms with E-state index in [-0.39, 0.29) is 21.7 Å². The zero-order valence-electron chi connectivity index (χ0n) is 26.8. The Bertz CT molecular complexity index is 1530. The number of carbonyl (C=O) groups excluding carboxylic acids is 5. The van der Waals surface area contributed by atoms with E-state index in [1.165, 1.54) is 19.2 Å². The Labute approximate surface area is 269 Å². The Morgan fingerprint density at radius 1 is 1.11 bits per heavy atom. The van der Waals surface area contributed by atoms with Gasteiger partial charge in [0.2, 0.25) is 5.60 Å². The SMILES string of the molecule is CC1CN(C[C@@H]2[C@H](NC(=O)/C(=N\OC(C)(C)C(=O)OC(C)(C)C)c3csc(NC(=O)OC(C)(C)C)n3)C(=O)N2S(=O)(=O)O)C(=O)O1. The number of β-lactam (4-membered cyclic amide) rings is 1. The van der Waals surface area contributed by atoms with E-state index in [9.17, 15) is 36.9 Å². The molecule has 0 bridgehead atoms. The Balaban J connectivity index is 1.92. The predicted octanol–water partition coefficient (Wildman–Crippen LogP) is 1.67. The van der Waals surface area contributed by atoms with Crippen molar-refractivity contribution < 1.29 is 56.0 Å². The van der Waals surface area contributed by atoms with Crippen molar-refractivity contribution in [3.05, 3.63) is 11.1 Å². The zero-order chi connectivity index (χ0) is 35.0. The van der Waals surface area contributed by atoms with Gasteiger partial charge in [-0.05, 0) is 62.3 Å². The Kier molecular flexibility index (Phi) is 10.3. The minimum atomic E-state index is -5.07. The second kappa shape index (κ2) is 13.0. The number of carbonyl (C=O) groups is 5. The molecule has 4 amide bonds. The molecular formula is C26H38N6O12S2. The number of rotatable bonds is 10. The third kappa shape index (κ3) is 9.25. The van der Waals surface area contributed by atoms with Crippen LogP contribution >= 0.6 is 11.3 Å². The van der Waals surface area contributed by atoms with Crippen molar-refractivity contribution in [1.29, 1.82) is 0 Å². The van der Waals surface area contributed by atoms with Crippen LogP contribution < -0.4 is 10.6 Å². The average molecular weight is 691 g/mol. The van der Waals surface area contributed by atoms with Gasteiger partial charge in [-0.25, -0.2) is 23.7 Å². The normalized spacial score (nSPS) is 20.9. The second-order valence-electron chi connectivity index (χ2n) is 12.9. The first kappa shape index (κ1) is 36.4. The average Bonchev–Trinajstić information content (AvgIpc) is 3.44. The first-order chi connectivity index (χ1) is 20.9. The molecule has 46 heavy (non-hydrogen) atoms. The van der Waals surface area contributed by atoms with Crippen LogP contribution in [0.5, 0.6) is 0 Å². The number of anilines is 1. The van der Waals surface area contributed by atoms with E-state index in [1.807, 2.05) is 0 Å². The van der Waals surface area contributed by atoms with Crippen LogP contribution in [0.2, 0.25) is 0 Å². The third-order valence-corrected chi connectivity index (χ3v) is 7.68. The number of aromatic nitrogens is 1. The molecule has 0 aliphatic carbocycles. The molecule has 2 fully saturated rings. The number of amides is 4. The summed E-state index contributed by atoms with van der Waals surface area (Å²) in [5.41, 5.74) is -4.16. The molecule has 256 valence electrons. The molecule has 0 radical (unpaired) electrons. The van der Waals surface area contributed by atoms with Crippen LogP contribution in [0, 0.1) is 0 Å². The summed E-state index contributed by atoms with van der Waals surface area (Å²) in [4.78, 5) is 74.3. The van der Waals surface area contributed by atoms with Crippen molar-refractivity contribution in [3.63, 3.8) is 0 Å². The first-order valence-electron chi connectivity index (χ1n) is 13.9. The molecule has 1 aromatic rings. The fraction of sp³-hybridized carbons (Fsp3) is 0.654. The van der Waals surface area contributed by atoms with Crippen molar-refractivity contribution in [3.8, 4) is 0 Å². The number of esters is 1. The Morgan fingerprint density at radius 2 is 1.72 bits per heavy atom. The van der Waals surface area contributed by atoms with Gasteiger partial charge >= 0.3 is 28.5 Å². The molecule has 2 saturated heterocycles. The zero-order valence-corrected chi connectivity index (χ0v) is 28.4. The molecule has 2 aliphatic rings. The van der Waals surface area contributed by atoms with Crippen LogP contribution in [-0.4, -0.2) is 111 Å². The summed E-state index contributed by atoms with van der Waals surface area (Å²) in [6, 6.07) is -2.97. The second-order valence-corrected chi connectivity index (χ2v) is 15.1. The van der Waals surface area contributed by atoms with Gasteiger partial charge in [-0.15, -0.1) is 11.3 Å². The monoisotopic (exact) mass is 690 g/mol. The van der Waals surface area contributed by atoms with Gasteiger partial charge in [0, 0.05) is 11.9 Å². The minimum absolute atomic E-state index is 0.00651. The van der Waals surface area contributed by atoms with Crippen LogP contribution in [0.3, 0.4) is 0 Å². The smallest absolute Gasteiger partial charge is 0.413 e. The lowest BCUT2D eigenvalue weighted by molar-refractivity contribution is -0.179. The highest BCUT2D eigenvalue weighted by molar-refractivity contribution is 7.84. The van der Waals surface area contributed by atoms with E-state index in [2.05, 4.69) is 20.8 Å². The molecule has 0 spiro atoms. The maximum atomic E-state index is 13.6. The van der Waals surface area contributed by atoms with Gasteiger partial charge in [-0.2, -0.15) is 8.42 Å². The van der Waals surface area contributed by atoms with E-state index in [0.717, 1.165) is 16.2 Å². The van der Waals surface area contributed by atoms with Crippen LogP contribution in [0.15, 0.2) is 10.5 Å². The molecular weight excluding hydrogens is 652 g/mol. The highest BCUT2D eigenvalue weighted by Crippen LogP contribution is 2.27. The quantitative estimate of drug-likeness (QED) is 0.0793. The minimum Gasteiger partial charge on any atom is -0.457 e. The fourth-order valence-electron chi connectivity index (χ4n) is 4.03.